The normalized spacial score (nSPS) is 10.3. The lowest BCUT2D eigenvalue weighted by atomic mass is 10.0. The minimum absolute atomic E-state index is 0.000728. The molecule has 2 aromatic carbocycles. The molecule has 0 aliphatic rings. The zero-order chi connectivity index (χ0) is 19.2. The average molecular weight is 382 g/mol. The maximum Gasteiger partial charge on any atom is 0.339 e. The largest absolute Gasteiger partial charge is 0.497 e. The molecule has 1 aromatic heterocycles. The fourth-order valence-corrected chi connectivity index (χ4v) is 3.29. The third-order valence-electron chi connectivity index (χ3n) is 3.98. The first-order valence-electron chi connectivity index (χ1n) is 8.19. The number of rotatable bonds is 7. The Bertz CT molecular complexity index is 947. The predicted octanol–water partition coefficient (Wildman–Crippen LogP) is 4.35. The summed E-state index contributed by atoms with van der Waals surface area (Å²) in [5, 5.41) is 1.82. The van der Waals surface area contributed by atoms with E-state index in [0.717, 1.165) is 0 Å². The van der Waals surface area contributed by atoms with E-state index in [0.29, 0.717) is 27.5 Å². The molecular formula is C21H18O5S. The van der Waals surface area contributed by atoms with Crippen molar-refractivity contribution >= 4 is 23.1 Å². The van der Waals surface area contributed by atoms with Gasteiger partial charge in [0.2, 0.25) is 5.78 Å². The number of hydrogen-bond donors (Lipinski definition) is 0. The maximum absolute atomic E-state index is 12.7. The van der Waals surface area contributed by atoms with Gasteiger partial charge in [0.15, 0.2) is 0 Å². The van der Waals surface area contributed by atoms with E-state index < -0.39 is 5.97 Å². The van der Waals surface area contributed by atoms with Crippen LogP contribution in [0.25, 0.3) is 0 Å². The fraction of sp³-hybridized carbons (Fsp3) is 0.143. The molecule has 1 heterocycles. The van der Waals surface area contributed by atoms with Crippen molar-refractivity contribution in [1.29, 1.82) is 0 Å². The van der Waals surface area contributed by atoms with Crippen molar-refractivity contribution in [3.63, 3.8) is 0 Å². The summed E-state index contributed by atoms with van der Waals surface area (Å²) < 4.78 is 15.9. The maximum atomic E-state index is 12.7. The molecule has 0 aliphatic heterocycles. The smallest absolute Gasteiger partial charge is 0.339 e. The molecule has 0 fully saturated rings. The van der Waals surface area contributed by atoms with Crippen LogP contribution in [0.15, 0.2) is 60.0 Å². The van der Waals surface area contributed by atoms with Gasteiger partial charge in [-0.2, -0.15) is 0 Å². The lowest BCUT2D eigenvalue weighted by Gasteiger charge is -2.12. The lowest BCUT2D eigenvalue weighted by molar-refractivity contribution is 0.0467. The Hall–Kier alpha value is -3.12. The van der Waals surface area contributed by atoms with Crippen molar-refractivity contribution in [2.45, 2.75) is 6.61 Å². The highest BCUT2D eigenvalue weighted by atomic mass is 32.1. The summed E-state index contributed by atoms with van der Waals surface area (Å²) in [6.45, 7) is 0.000728. The first kappa shape index (κ1) is 18.7. The summed E-state index contributed by atoms with van der Waals surface area (Å²) in [7, 11) is 3.10. The summed E-state index contributed by atoms with van der Waals surface area (Å²) in [6, 6.07) is 15.4. The van der Waals surface area contributed by atoms with Gasteiger partial charge in [0.25, 0.3) is 0 Å². The molecular weight excluding hydrogens is 364 g/mol. The molecule has 27 heavy (non-hydrogen) atoms. The average Bonchev–Trinajstić information content (AvgIpc) is 3.26. The number of carbonyl (C=O) groups excluding carboxylic acids is 2. The van der Waals surface area contributed by atoms with Crippen LogP contribution in [-0.4, -0.2) is 26.0 Å². The second-order valence-corrected chi connectivity index (χ2v) is 6.55. The zero-order valence-electron chi connectivity index (χ0n) is 14.9. The Morgan fingerprint density at radius 3 is 2.37 bits per heavy atom. The molecule has 0 atom stereocenters. The van der Waals surface area contributed by atoms with Crippen LogP contribution in [0.4, 0.5) is 0 Å². The first-order chi connectivity index (χ1) is 13.1. The predicted molar refractivity (Wildman–Crippen MR) is 103 cm³/mol. The fourth-order valence-electron chi connectivity index (χ4n) is 2.62. The molecule has 138 valence electrons. The summed E-state index contributed by atoms with van der Waals surface area (Å²) >= 11 is 1.33. The number of ether oxygens (including phenoxy) is 3. The van der Waals surface area contributed by atoms with Crippen LogP contribution >= 0.6 is 11.3 Å². The minimum atomic E-state index is -0.569. The molecule has 0 saturated carbocycles. The Morgan fingerprint density at radius 1 is 0.926 bits per heavy atom. The molecule has 0 unspecified atom stereocenters. The highest BCUT2D eigenvalue weighted by Gasteiger charge is 2.20. The van der Waals surface area contributed by atoms with Crippen LogP contribution in [-0.2, 0) is 11.3 Å². The number of hydrogen-bond acceptors (Lipinski definition) is 6. The van der Waals surface area contributed by atoms with E-state index in [1.807, 2.05) is 5.38 Å². The Kier molecular flexibility index (Phi) is 5.88. The third-order valence-corrected chi connectivity index (χ3v) is 4.85. The van der Waals surface area contributed by atoms with Gasteiger partial charge in [0.1, 0.15) is 18.1 Å². The van der Waals surface area contributed by atoms with Crippen LogP contribution in [0, 0.1) is 0 Å². The van der Waals surface area contributed by atoms with Crippen molar-refractivity contribution in [3.05, 3.63) is 81.5 Å². The van der Waals surface area contributed by atoms with Crippen LogP contribution in [0.3, 0.4) is 0 Å². The molecule has 0 aliphatic carbocycles. The zero-order valence-corrected chi connectivity index (χ0v) is 15.7. The number of thiophene rings is 1. The number of methoxy groups -OCH3 is 2. The van der Waals surface area contributed by atoms with Gasteiger partial charge < -0.3 is 14.2 Å². The van der Waals surface area contributed by atoms with E-state index in [2.05, 4.69) is 0 Å². The van der Waals surface area contributed by atoms with Gasteiger partial charge in [-0.05, 0) is 35.7 Å². The van der Waals surface area contributed by atoms with Crippen molar-refractivity contribution in [3.8, 4) is 11.5 Å². The van der Waals surface area contributed by atoms with Gasteiger partial charge >= 0.3 is 5.97 Å². The third kappa shape index (κ3) is 4.17. The molecule has 0 saturated heterocycles. The summed E-state index contributed by atoms with van der Waals surface area (Å²) in [5.41, 5.74) is 1.23. The minimum Gasteiger partial charge on any atom is -0.497 e. The van der Waals surface area contributed by atoms with Crippen molar-refractivity contribution in [2.24, 2.45) is 0 Å². The van der Waals surface area contributed by atoms with E-state index in [4.69, 9.17) is 14.2 Å². The monoisotopic (exact) mass is 382 g/mol. The van der Waals surface area contributed by atoms with Crippen molar-refractivity contribution < 1.29 is 23.8 Å². The van der Waals surface area contributed by atoms with E-state index in [9.17, 15) is 9.59 Å². The summed E-state index contributed by atoms with van der Waals surface area (Å²) in [6.07, 6.45) is 0. The molecule has 3 aromatic rings. The van der Waals surface area contributed by atoms with Crippen molar-refractivity contribution in [2.75, 3.05) is 14.2 Å². The molecule has 0 bridgehead atoms. The number of carbonyl (C=O) groups is 2. The molecule has 6 heteroatoms. The molecule has 3 rings (SSSR count). The van der Waals surface area contributed by atoms with Crippen LogP contribution in [0.5, 0.6) is 11.5 Å². The van der Waals surface area contributed by atoms with Gasteiger partial charge in [0.05, 0.1) is 24.7 Å². The van der Waals surface area contributed by atoms with E-state index >= 15 is 0 Å². The van der Waals surface area contributed by atoms with Crippen LogP contribution in [0.1, 0.15) is 31.2 Å². The van der Waals surface area contributed by atoms with E-state index in [1.165, 1.54) is 11.3 Å². The number of ketones is 1. The standard InChI is InChI=1S/C21H18O5S/c1-24-15-9-10-18(25-2)14(12-15)13-26-21(23)17-7-4-3-6-16(17)20(22)19-8-5-11-27-19/h3-12H,13H2,1-2H3. The van der Waals surface area contributed by atoms with E-state index in [1.54, 1.807) is 68.8 Å². The van der Waals surface area contributed by atoms with E-state index in [-0.39, 0.29) is 18.0 Å². The Morgan fingerprint density at radius 2 is 1.70 bits per heavy atom. The summed E-state index contributed by atoms with van der Waals surface area (Å²) in [5.74, 6) is 0.457. The van der Waals surface area contributed by atoms with Gasteiger partial charge in [0, 0.05) is 11.1 Å². The van der Waals surface area contributed by atoms with Gasteiger partial charge in [-0.3, -0.25) is 4.79 Å². The number of benzene rings is 2. The van der Waals surface area contributed by atoms with Gasteiger partial charge in [-0.25, -0.2) is 4.79 Å². The molecule has 0 amide bonds. The second-order valence-electron chi connectivity index (χ2n) is 5.61. The van der Waals surface area contributed by atoms with Gasteiger partial charge in [-0.15, -0.1) is 11.3 Å². The van der Waals surface area contributed by atoms with Gasteiger partial charge in [-0.1, -0.05) is 24.3 Å². The SMILES string of the molecule is COc1ccc(OC)c(COC(=O)c2ccccc2C(=O)c2cccs2)c1. The Labute approximate surface area is 161 Å². The number of esters is 1. The first-order valence-corrected chi connectivity index (χ1v) is 9.07. The second kappa shape index (κ2) is 8.51. The highest BCUT2D eigenvalue weighted by Crippen LogP contribution is 2.25. The highest BCUT2D eigenvalue weighted by molar-refractivity contribution is 7.12. The Balaban J connectivity index is 1.81. The topological polar surface area (TPSA) is 61.8 Å². The molecule has 0 radical (unpaired) electrons. The molecule has 0 N–H and O–H groups in total. The van der Waals surface area contributed by atoms with Crippen LogP contribution in [0.2, 0.25) is 0 Å². The summed E-state index contributed by atoms with van der Waals surface area (Å²) in [4.78, 5) is 25.9. The molecule has 0 spiro atoms. The quantitative estimate of drug-likeness (QED) is 0.449. The molecule has 5 nitrogen and oxygen atoms in total. The van der Waals surface area contributed by atoms with Crippen molar-refractivity contribution in [1.82, 2.24) is 0 Å². The van der Waals surface area contributed by atoms with Crippen LogP contribution < -0.4 is 9.47 Å². The lowest BCUT2D eigenvalue weighted by Crippen LogP contribution is -2.12.